The predicted molar refractivity (Wildman–Crippen MR) is 89.2 cm³/mol. The van der Waals surface area contributed by atoms with Crippen LogP contribution in [0.1, 0.15) is 39.0 Å². The Bertz CT molecular complexity index is 485. The van der Waals surface area contributed by atoms with E-state index in [2.05, 4.69) is 10.2 Å². The Balaban J connectivity index is 1.99. The van der Waals surface area contributed by atoms with E-state index in [0.717, 1.165) is 25.9 Å². The molecule has 0 radical (unpaired) electrons. The fourth-order valence-electron chi connectivity index (χ4n) is 2.66. The van der Waals surface area contributed by atoms with Crippen LogP contribution in [0.15, 0.2) is 18.2 Å². The van der Waals surface area contributed by atoms with E-state index in [1.807, 2.05) is 6.92 Å². The fourth-order valence-corrected chi connectivity index (χ4v) is 2.99. The van der Waals surface area contributed by atoms with Gasteiger partial charge in [0.05, 0.1) is 16.8 Å². The summed E-state index contributed by atoms with van der Waals surface area (Å²) in [5.41, 5.74) is 0.577. The molecule has 1 aromatic rings. The number of benzene rings is 1. The molecule has 1 atom stereocenters. The summed E-state index contributed by atoms with van der Waals surface area (Å²) in [5.74, 6) is -0.0280. The zero-order chi connectivity index (χ0) is 15.2. The van der Waals surface area contributed by atoms with Crippen LogP contribution in [0.2, 0.25) is 10.0 Å². The van der Waals surface area contributed by atoms with Gasteiger partial charge in [0.2, 0.25) is 5.91 Å². The monoisotopic (exact) mass is 328 g/mol. The Morgan fingerprint density at radius 2 is 1.76 bits per heavy atom. The number of rotatable bonds is 3. The van der Waals surface area contributed by atoms with Crippen LogP contribution in [0.5, 0.6) is 0 Å². The van der Waals surface area contributed by atoms with Crippen molar-refractivity contribution >= 4 is 34.8 Å². The Hall–Kier alpha value is -0.770. The maximum Gasteiger partial charge on any atom is 0.241 e. The minimum atomic E-state index is -0.154. The molecule has 0 bridgehead atoms. The maximum absolute atomic E-state index is 12.4. The van der Waals surface area contributed by atoms with Gasteiger partial charge in [-0.05, 0) is 51.1 Å². The van der Waals surface area contributed by atoms with Crippen LogP contribution in [0, 0.1) is 0 Å². The van der Waals surface area contributed by atoms with Crippen molar-refractivity contribution in [1.29, 1.82) is 0 Å². The lowest BCUT2D eigenvalue weighted by Gasteiger charge is -2.29. The highest BCUT2D eigenvalue weighted by atomic mass is 35.5. The van der Waals surface area contributed by atoms with Crippen molar-refractivity contribution in [2.45, 2.75) is 45.1 Å². The van der Waals surface area contributed by atoms with Crippen molar-refractivity contribution in [2.24, 2.45) is 0 Å². The van der Waals surface area contributed by atoms with Gasteiger partial charge in [-0.15, -0.1) is 0 Å². The summed E-state index contributed by atoms with van der Waals surface area (Å²) in [7, 11) is 0. The molecule has 2 rings (SSSR count). The van der Waals surface area contributed by atoms with Crippen LogP contribution in [0.25, 0.3) is 0 Å². The molecule has 1 aromatic carbocycles. The third-order valence-corrected chi connectivity index (χ3v) is 4.57. The molecular weight excluding hydrogens is 307 g/mol. The van der Waals surface area contributed by atoms with E-state index in [-0.39, 0.29) is 11.9 Å². The SMILES string of the molecule is C[C@H](C(=O)Nc1cc(Cl)ccc1Cl)N1CCCCCCC1. The Morgan fingerprint density at radius 1 is 1.14 bits per heavy atom. The van der Waals surface area contributed by atoms with Crippen molar-refractivity contribution in [3.8, 4) is 0 Å². The van der Waals surface area contributed by atoms with Crippen LogP contribution < -0.4 is 5.32 Å². The van der Waals surface area contributed by atoms with E-state index in [1.54, 1.807) is 18.2 Å². The van der Waals surface area contributed by atoms with Gasteiger partial charge in [0, 0.05) is 5.02 Å². The van der Waals surface area contributed by atoms with E-state index < -0.39 is 0 Å². The molecule has 1 heterocycles. The first-order valence-electron chi connectivity index (χ1n) is 7.58. The Labute approximate surface area is 136 Å². The first-order chi connectivity index (χ1) is 10.1. The molecule has 21 heavy (non-hydrogen) atoms. The lowest BCUT2D eigenvalue weighted by molar-refractivity contribution is -0.120. The van der Waals surface area contributed by atoms with Gasteiger partial charge >= 0.3 is 0 Å². The highest BCUT2D eigenvalue weighted by molar-refractivity contribution is 6.35. The summed E-state index contributed by atoms with van der Waals surface area (Å²) in [6.07, 6.45) is 6.15. The van der Waals surface area contributed by atoms with E-state index in [9.17, 15) is 4.79 Å². The van der Waals surface area contributed by atoms with Crippen LogP contribution >= 0.6 is 23.2 Å². The molecule has 0 aliphatic carbocycles. The first kappa shape index (κ1) is 16.6. The van der Waals surface area contributed by atoms with Gasteiger partial charge in [0.25, 0.3) is 0 Å². The maximum atomic E-state index is 12.4. The fraction of sp³-hybridized carbons (Fsp3) is 0.562. The smallest absolute Gasteiger partial charge is 0.241 e. The van der Waals surface area contributed by atoms with Gasteiger partial charge in [-0.1, -0.05) is 42.5 Å². The average molecular weight is 329 g/mol. The standard InChI is InChI=1S/C16H22Cl2N2O/c1-12(20-9-5-3-2-4-6-10-20)16(21)19-15-11-13(17)7-8-14(15)18/h7-8,11-12H,2-6,9-10H2,1H3,(H,19,21)/t12-/m1/s1. The van der Waals surface area contributed by atoms with Crippen molar-refractivity contribution in [2.75, 3.05) is 18.4 Å². The third kappa shape index (κ3) is 4.87. The minimum Gasteiger partial charge on any atom is -0.323 e. The number of carbonyl (C=O) groups excluding carboxylic acids is 1. The van der Waals surface area contributed by atoms with Crippen LogP contribution in [-0.4, -0.2) is 29.9 Å². The number of likely N-dealkylation sites (tertiary alicyclic amines) is 1. The number of anilines is 1. The van der Waals surface area contributed by atoms with Gasteiger partial charge in [0.1, 0.15) is 0 Å². The zero-order valence-corrected chi connectivity index (χ0v) is 13.9. The molecule has 1 amide bonds. The lowest BCUT2D eigenvalue weighted by Crippen LogP contribution is -2.43. The molecule has 0 saturated carbocycles. The molecule has 1 N–H and O–H groups in total. The van der Waals surface area contributed by atoms with Crippen LogP contribution in [-0.2, 0) is 4.79 Å². The second-order valence-corrected chi connectivity index (χ2v) is 6.44. The van der Waals surface area contributed by atoms with Gasteiger partial charge in [-0.3, -0.25) is 9.69 Å². The van der Waals surface area contributed by atoms with Crippen molar-refractivity contribution in [3.63, 3.8) is 0 Å². The predicted octanol–water partition coefficient (Wildman–Crippen LogP) is 4.59. The first-order valence-corrected chi connectivity index (χ1v) is 8.33. The topological polar surface area (TPSA) is 32.3 Å². The molecule has 1 saturated heterocycles. The van der Waals surface area contributed by atoms with Crippen molar-refractivity contribution in [3.05, 3.63) is 28.2 Å². The molecule has 1 aliphatic heterocycles. The van der Waals surface area contributed by atoms with Gasteiger partial charge in [-0.2, -0.15) is 0 Å². The molecule has 1 aliphatic rings. The van der Waals surface area contributed by atoms with Gasteiger partial charge < -0.3 is 5.32 Å². The Kier molecular flexibility index (Phi) is 6.34. The molecule has 0 spiro atoms. The van der Waals surface area contributed by atoms with Gasteiger partial charge in [0.15, 0.2) is 0 Å². The quantitative estimate of drug-likeness (QED) is 0.880. The summed E-state index contributed by atoms with van der Waals surface area (Å²) in [4.78, 5) is 14.7. The van der Waals surface area contributed by atoms with Gasteiger partial charge in [-0.25, -0.2) is 0 Å². The Morgan fingerprint density at radius 3 is 2.43 bits per heavy atom. The number of nitrogens with zero attached hydrogens (tertiary/aromatic N) is 1. The molecule has 0 unspecified atom stereocenters. The summed E-state index contributed by atoms with van der Waals surface area (Å²) >= 11 is 12.0. The minimum absolute atomic E-state index is 0.0280. The van der Waals surface area contributed by atoms with E-state index in [0.29, 0.717) is 15.7 Å². The molecular formula is C16H22Cl2N2O. The summed E-state index contributed by atoms with van der Waals surface area (Å²) in [6.45, 7) is 3.92. The molecule has 3 nitrogen and oxygen atoms in total. The highest BCUT2D eigenvalue weighted by Crippen LogP contribution is 2.26. The second kappa shape index (κ2) is 8.02. The van der Waals surface area contributed by atoms with Crippen LogP contribution in [0.4, 0.5) is 5.69 Å². The summed E-state index contributed by atoms with van der Waals surface area (Å²) in [5, 5.41) is 3.96. The lowest BCUT2D eigenvalue weighted by atomic mass is 10.1. The van der Waals surface area contributed by atoms with E-state index in [1.165, 1.54) is 19.3 Å². The highest BCUT2D eigenvalue weighted by Gasteiger charge is 2.22. The second-order valence-electron chi connectivity index (χ2n) is 5.59. The molecule has 116 valence electrons. The number of halogens is 2. The summed E-state index contributed by atoms with van der Waals surface area (Å²) in [6, 6.07) is 4.93. The number of hydrogen-bond donors (Lipinski definition) is 1. The zero-order valence-electron chi connectivity index (χ0n) is 12.4. The number of carbonyl (C=O) groups is 1. The van der Waals surface area contributed by atoms with E-state index >= 15 is 0 Å². The average Bonchev–Trinajstić information content (AvgIpc) is 2.42. The third-order valence-electron chi connectivity index (χ3n) is 4.00. The largest absolute Gasteiger partial charge is 0.323 e. The van der Waals surface area contributed by atoms with Crippen LogP contribution in [0.3, 0.4) is 0 Å². The number of hydrogen-bond acceptors (Lipinski definition) is 2. The normalized spacial score (nSPS) is 18.6. The number of amides is 1. The molecule has 1 fully saturated rings. The van der Waals surface area contributed by atoms with Crippen molar-refractivity contribution < 1.29 is 4.79 Å². The van der Waals surface area contributed by atoms with E-state index in [4.69, 9.17) is 23.2 Å². The number of nitrogens with one attached hydrogen (secondary N) is 1. The summed E-state index contributed by atoms with van der Waals surface area (Å²) < 4.78 is 0. The molecule has 5 heteroatoms. The van der Waals surface area contributed by atoms with Crippen molar-refractivity contribution in [1.82, 2.24) is 4.90 Å². The molecule has 0 aromatic heterocycles.